The molecule has 27 heavy (non-hydrogen) atoms. The zero-order valence-corrected chi connectivity index (χ0v) is 15.1. The minimum Gasteiger partial charge on any atom is -0.493 e. The maximum absolute atomic E-state index is 12.2. The molecule has 140 valence electrons. The van der Waals surface area contributed by atoms with Gasteiger partial charge in [0.05, 0.1) is 20.4 Å². The Labute approximate surface area is 155 Å². The van der Waals surface area contributed by atoms with Crippen LogP contribution in [0.3, 0.4) is 0 Å². The van der Waals surface area contributed by atoms with E-state index in [0.29, 0.717) is 41.7 Å². The molecular weight excluding hydrogens is 350 g/mol. The van der Waals surface area contributed by atoms with Gasteiger partial charge in [0, 0.05) is 12.1 Å². The number of hydrogen-bond donors (Lipinski definition) is 0. The van der Waals surface area contributed by atoms with Gasteiger partial charge in [0.15, 0.2) is 28.8 Å². The van der Waals surface area contributed by atoms with Gasteiger partial charge in [-0.2, -0.15) is 0 Å². The normalized spacial score (nSPS) is 12.2. The summed E-state index contributed by atoms with van der Waals surface area (Å²) in [7, 11) is 3.19. The smallest absolute Gasteiger partial charge is 0.419 e. The highest BCUT2D eigenvalue weighted by Crippen LogP contribution is 2.35. The Balaban J connectivity index is 1.52. The van der Waals surface area contributed by atoms with Gasteiger partial charge in [-0.15, -0.1) is 0 Å². The van der Waals surface area contributed by atoms with Crippen LogP contribution in [0, 0.1) is 0 Å². The van der Waals surface area contributed by atoms with Crippen LogP contribution in [-0.2, 0) is 13.0 Å². The fourth-order valence-electron chi connectivity index (χ4n) is 3.00. The van der Waals surface area contributed by atoms with Crippen molar-refractivity contribution < 1.29 is 23.4 Å². The largest absolute Gasteiger partial charge is 0.493 e. The van der Waals surface area contributed by atoms with Gasteiger partial charge in [0.1, 0.15) is 0 Å². The van der Waals surface area contributed by atoms with E-state index in [9.17, 15) is 4.79 Å². The Morgan fingerprint density at radius 3 is 2.63 bits per heavy atom. The van der Waals surface area contributed by atoms with Crippen LogP contribution in [0.25, 0.3) is 11.3 Å². The molecular formula is C20H19NO6. The Morgan fingerprint density at radius 1 is 1.00 bits per heavy atom. The van der Waals surface area contributed by atoms with E-state index in [1.807, 2.05) is 24.3 Å². The van der Waals surface area contributed by atoms with E-state index >= 15 is 0 Å². The van der Waals surface area contributed by atoms with Crippen LogP contribution in [0.15, 0.2) is 51.8 Å². The third kappa shape index (κ3) is 3.36. The van der Waals surface area contributed by atoms with Gasteiger partial charge < -0.3 is 23.4 Å². The summed E-state index contributed by atoms with van der Waals surface area (Å²) in [5.74, 6) is 2.76. The van der Waals surface area contributed by atoms with Gasteiger partial charge in [-0.1, -0.05) is 6.07 Å². The summed E-state index contributed by atoms with van der Waals surface area (Å²) in [6.07, 6.45) is 2.36. The van der Waals surface area contributed by atoms with Crippen molar-refractivity contribution in [2.45, 2.75) is 13.0 Å². The van der Waals surface area contributed by atoms with E-state index in [1.165, 1.54) is 0 Å². The van der Waals surface area contributed by atoms with Gasteiger partial charge >= 0.3 is 5.76 Å². The van der Waals surface area contributed by atoms with Gasteiger partial charge in [-0.3, -0.25) is 4.57 Å². The van der Waals surface area contributed by atoms with Crippen molar-refractivity contribution in [1.82, 2.24) is 4.57 Å². The predicted octanol–water partition coefficient (Wildman–Crippen LogP) is 3.10. The van der Waals surface area contributed by atoms with Crippen molar-refractivity contribution >= 4 is 0 Å². The zero-order valence-electron chi connectivity index (χ0n) is 15.1. The summed E-state index contributed by atoms with van der Waals surface area (Å²) >= 11 is 0. The van der Waals surface area contributed by atoms with Crippen molar-refractivity contribution in [3.8, 4) is 34.3 Å². The van der Waals surface area contributed by atoms with Crippen LogP contribution in [-0.4, -0.2) is 25.6 Å². The zero-order chi connectivity index (χ0) is 18.8. The second-order valence-electron chi connectivity index (χ2n) is 6.06. The van der Waals surface area contributed by atoms with Crippen molar-refractivity contribution in [3.05, 3.63) is 58.7 Å². The first-order valence-corrected chi connectivity index (χ1v) is 8.49. The fourth-order valence-corrected chi connectivity index (χ4v) is 3.00. The molecule has 1 aliphatic rings. The fraction of sp³-hybridized carbons (Fsp3) is 0.250. The summed E-state index contributed by atoms with van der Waals surface area (Å²) in [5.41, 5.74) is 1.80. The van der Waals surface area contributed by atoms with Crippen LogP contribution in [0.2, 0.25) is 0 Å². The van der Waals surface area contributed by atoms with Crippen molar-refractivity contribution in [2.24, 2.45) is 0 Å². The standard InChI is InChI=1S/C20H19NO6/c1-23-15-5-3-13(9-17(15)24-2)7-8-21-11-19(27-20(21)22)14-4-6-16-18(10-14)26-12-25-16/h3-6,9-11H,7-8,12H2,1-2H3. The number of ether oxygens (including phenoxy) is 4. The highest BCUT2D eigenvalue weighted by atomic mass is 16.7. The summed E-state index contributed by atoms with van der Waals surface area (Å²) in [4.78, 5) is 12.2. The first kappa shape index (κ1) is 17.1. The lowest BCUT2D eigenvalue weighted by atomic mass is 10.1. The van der Waals surface area contributed by atoms with Crippen molar-refractivity contribution in [3.63, 3.8) is 0 Å². The van der Waals surface area contributed by atoms with E-state index in [-0.39, 0.29) is 6.79 Å². The Hall–Kier alpha value is -3.35. The monoisotopic (exact) mass is 369 g/mol. The highest BCUT2D eigenvalue weighted by Gasteiger charge is 2.16. The minimum atomic E-state index is -0.400. The molecule has 0 radical (unpaired) electrons. The number of nitrogens with zero attached hydrogens (tertiary/aromatic N) is 1. The molecule has 0 amide bonds. The van der Waals surface area contributed by atoms with E-state index in [2.05, 4.69) is 0 Å². The van der Waals surface area contributed by atoms with Crippen molar-refractivity contribution in [1.29, 1.82) is 0 Å². The summed E-state index contributed by atoms with van der Waals surface area (Å²) in [6, 6.07) is 11.2. The maximum Gasteiger partial charge on any atom is 0.419 e. The molecule has 0 unspecified atom stereocenters. The summed E-state index contributed by atoms with van der Waals surface area (Å²) in [5, 5.41) is 0. The Bertz CT molecular complexity index is 1020. The lowest BCUT2D eigenvalue weighted by Gasteiger charge is -2.09. The number of hydrogen-bond acceptors (Lipinski definition) is 6. The molecule has 0 aliphatic carbocycles. The molecule has 2 heterocycles. The molecule has 2 aromatic carbocycles. The summed E-state index contributed by atoms with van der Waals surface area (Å²) < 4.78 is 28.2. The van der Waals surface area contributed by atoms with Crippen LogP contribution >= 0.6 is 0 Å². The Morgan fingerprint density at radius 2 is 1.81 bits per heavy atom. The third-order valence-corrected chi connectivity index (χ3v) is 4.45. The lowest BCUT2D eigenvalue weighted by Crippen LogP contribution is -2.14. The maximum atomic E-state index is 12.2. The first-order valence-electron chi connectivity index (χ1n) is 8.49. The molecule has 4 rings (SSSR count). The SMILES string of the molecule is COc1ccc(CCn2cc(-c3ccc4c(c3)OCO4)oc2=O)cc1OC. The van der Waals surface area contributed by atoms with Gasteiger partial charge in [0.25, 0.3) is 0 Å². The van der Waals surface area contributed by atoms with Gasteiger partial charge in [-0.25, -0.2) is 4.79 Å². The van der Waals surface area contributed by atoms with Crippen LogP contribution in [0.1, 0.15) is 5.56 Å². The number of oxazole rings is 1. The minimum absolute atomic E-state index is 0.203. The molecule has 7 heteroatoms. The number of benzene rings is 2. The average Bonchev–Trinajstić information content (AvgIpc) is 3.31. The molecule has 0 saturated heterocycles. The molecule has 0 spiro atoms. The quantitative estimate of drug-likeness (QED) is 0.665. The molecule has 0 bridgehead atoms. The number of fused-ring (bicyclic) bond motifs is 1. The van der Waals surface area contributed by atoms with E-state index in [4.69, 9.17) is 23.4 Å². The van der Waals surface area contributed by atoms with Crippen LogP contribution < -0.4 is 24.7 Å². The van der Waals surface area contributed by atoms with E-state index < -0.39 is 5.76 Å². The molecule has 0 fully saturated rings. The second-order valence-corrected chi connectivity index (χ2v) is 6.06. The molecule has 7 nitrogen and oxygen atoms in total. The molecule has 0 saturated carbocycles. The third-order valence-electron chi connectivity index (χ3n) is 4.45. The van der Waals surface area contributed by atoms with Gasteiger partial charge in [-0.05, 0) is 42.3 Å². The predicted molar refractivity (Wildman–Crippen MR) is 97.8 cm³/mol. The average molecular weight is 369 g/mol. The summed E-state index contributed by atoms with van der Waals surface area (Å²) in [6.45, 7) is 0.692. The molecule has 1 aromatic heterocycles. The highest BCUT2D eigenvalue weighted by molar-refractivity contribution is 5.62. The van der Waals surface area contributed by atoms with E-state index in [1.54, 1.807) is 37.1 Å². The first-order chi connectivity index (χ1) is 13.2. The van der Waals surface area contributed by atoms with E-state index in [0.717, 1.165) is 11.1 Å². The Kier molecular flexibility index (Phi) is 4.50. The van der Waals surface area contributed by atoms with Crippen molar-refractivity contribution in [2.75, 3.05) is 21.0 Å². The molecule has 1 aliphatic heterocycles. The number of aromatic nitrogens is 1. The topological polar surface area (TPSA) is 72.1 Å². The van der Waals surface area contributed by atoms with Crippen LogP contribution in [0.5, 0.6) is 23.0 Å². The molecule has 0 N–H and O–H groups in total. The van der Waals surface area contributed by atoms with Gasteiger partial charge in [0.2, 0.25) is 6.79 Å². The number of aryl methyl sites for hydroxylation is 2. The number of rotatable bonds is 6. The lowest BCUT2D eigenvalue weighted by molar-refractivity contribution is 0.174. The number of methoxy groups -OCH3 is 2. The second kappa shape index (κ2) is 7.11. The van der Waals surface area contributed by atoms with Crippen LogP contribution in [0.4, 0.5) is 0 Å². The molecule has 3 aromatic rings. The molecule has 0 atom stereocenters.